The Bertz CT molecular complexity index is 617. The van der Waals surface area contributed by atoms with Gasteiger partial charge >= 0.3 is 0 Å². The van der Waals surface area contributed by atoms with E-state index in [1.165, 1.54) is 67.6 Å². The number of rotatable bonds is 8. The van der Waals surface area contributed by atoms with Gasteiger partial charge in [0.25, 0.3) is 0 Å². The molecule has 1 heterocycles. The number of nitrogens with zero attached hydrogens (tertiary/aromatic N) is 1. The van der Waals surface area contributed by atoms with E-state index in [9.17, 15) is 5.26 Å². The van der Waals surface area contributed by atoms with Gasteiger partial charge in [0.1, 0.15) is 0 Å². The summed E-state index contributed by atoms with van der Waals surface area (Å²) in [6.07, 6.45) is 12.1. The maximum atomic E-state index is 9.78. The number of hydrogen-bond donors (Lipinski definition) is 0. The first kappa shape index (κ1) is 22.1. The van der Waals surface area contributed by atoms with Crippen LogP contribution in [0.5, 0.6) is 0 Å². The first-order valence-corrected chi connectivity index (χ1v) is 13.5. The Kier molecular flexibility index (Phi) is 8.67. The third-order valence-corrected chi connectivity index (χ3v) is 10.1. The lowest BCUT2D eigenvalue weighted by Gasteiger charge is -2.35. The molecular formula is C25H37NS2. The highest BCUT2D eigenvalue weighted by Crippen LogP contribution is 2.48. The minimum atomic E-state index is -0.0317. The van der Waals surface area contributed by atoms with Crippen LogP contribution in [0.25, 0.3) is 0 Å². The van der Waals surface area contributed by atoms with Crippen LogP contribution in [0.2, 0.25) is 0 Å². The lowest BCUT2D eigenvalue weighted by molar-refractivity contribution is 0.223. The van der Waals surface area contributed by atoms with E-state index >= 15 is 0 Å². The second kappa shape index (κ2) is 11.0. The summed E-state index contributed by atoms with van der Waals surface area (Å²) in [5.74, 6) is 4.21. The van der Waals surface area contributed by atoms with Gasteiger partial charge in [-0.2, -0.15) is 5.26 Å². The van der Waals surface area contributed by atoms with Crippen molar-refractivity contribution in [1.29, 1.82) is 5.26 Å². The summed E-state index contributed by atoms with van der Waals surface area (Å²) in [6.45, 7) is 4.55. The van der Waals surface area contributed by atoms with Crippen LogP contribution in [0.1, 0.15) is 99.7 Å². The molecule has 0 aromatic heterocycles. The average molecular weight is 416 g/mol. The van der Waals surface area contributed by atoms with Gasteiger partial charge < -0.3 is 0 Å². The van der Waals surface area contributed by atoms with Crippen molar-refractivity contribution in [3.8, 4) is 6.07 Å². The number of nitriles is 1. The first-order chi connectivity index (χ1) is 13.7. The van der Waals surface area contributed by atoms with Gasteiger partial charge in [-0.1, -0.05) is 63.8 Å². The molecule has 0 radical (unpaired) electrons. The average Bonchev–Trinajstić information content (AvgIpc) is 2.75. The summed E-state index contributed by atoms with van der Waals surface area (Å²) in [6, 6.07) is 12.2. The quantitative estimate of drug-likeness (QED) is 0.399. The Morgan fingerprint density at radius 1 is 0.964 bits per heavy atom. The second-order valence-corrected chi connectivity index (χ2v) is 11.5. The van der Waals surface area contributed by atoms with Gasteiger partial charge in [-0.15, -0.1) is 23.5 Å². The molecule has 1 saturated heterocycles. The van der Waals surface area contributed by atoms with Crippen LogP contribution < -0.4 is 0 Å². The minimum absolute atomic E-state index is 0.0317. The van der Waals surface area contributed by atoms with E-state index in [1.54, 1.807) is 0 Å². The summed E-state index contributed by atoms with van der Waals surface area (Å²) < 4.78 is 0.623. The molecule has 1 aliphatic heterocycles. The number of benzene rings is 1. The molecule has 3 heteroatoms. The van der Waals surface area contributed by atoms with E-state index in [0.717, 1.165) is 25.2 Å². The SMILES string of the molecule is CCCCCC1(C#N)CCC(c2ccc(C3SCC(CCC)CS3)cc2)CC1. The molecule has 3 rings (SSSR count). The molecular weight excluding hydrogens is 378 g/mol. The first-order valence-electron chi connectivity index (χ1n) is 11.4. The molecule has 1 nitrogen and oxygen atoms in total. The number of unbranched alkanes of at least 4 members (excludes halogenated alkanes) is 2. The Balaban J connectivity index is 1.52. The predicted molar refractivity (Wildman–Crippen MR) is 126 cm³/mol. The van der Waals surface area contributed by atoms with E-state index < -0.39 is 0 Å². The normalized spacial score (nSPS) is 30.7. The van der Waals surface area contributed by atoms with Gasteiger partial charge in [-0.25, -0.2) is 0 Å². The molecule has 0 unspecified atom stereocenters. The van der Waals surface area contributed by atoms with E-state index in [1.807, 2.05) is 0 Å². The zero-order valence-electron chi connectivity index (χ0n) is 17.8. The van der Waals surface area contributed by atoms with Gasteiger partial charge in [0.2, 0.25) is 0 Å². The third kappa shape index (κ3) is 5.73. The largest absolute Gasteiger partial charge is 0.198 e. The van der Waals surface area contributed by atoms with Crippen LogP contribution in [0, 0.1) is 22.7 Å². The highest BCUT2D eigenvalue weighted by molar-refractivity contribution is 8.16. The molecule has 0 atom stereocenters. The Morgan fingerprint density at radius 3 is 2.18 bits per heavy atom. The summed E-state index contributed by atoms with van der Waals surface area (Å²) in [5.41, 5.74) is 2.96. The molecule has 2 aliphatic rings. The predicted octanol–water partition coefficient (Wildman–Crippen LogP) is 8.33. The molecule has 1 aromatic rings. The van der Waals surface area contributed by atoms with Crippen LogP contribution in [0.4, 0.5) is 0 Å². The van der Waals surface area contributed by atoms with Crippen molar-refractivity contribution in [3.05, 3.63) is 35.4 Å². The van der Waals surface area contributed by atoms with Gasteiger partial charge in [0, 0.05) is 0 Å². The molecule has 0 bridgehead atoms. The third-order valence-electron chi connectivity index (χ3n) is 6.78. The second-order valence-electron chi connectivity index (χ2n) is 8.94. The molecule has 0 N–H and O–H groups in total. The zero-order valence-corrected chi connectivity index (χ0v) is 19.4. The zero-order chi connectivity index (χ0) is 19.8. The summed E-state index contributed by atoms with van der Waals surface area (Å²) in [5, 5.41) is 9.78. The fourth-order valence-electron chi connectivity index (χ4n) is 4.87. The van der Waals surface area contributed by atoms with Gasteiger partial charge in [-0.05, 0) is 73.0 Å². The molecule has 0 amide bonds. The molecule has 1 aromatic carbocycles. The van der Waals surface area contributed by atoms with Crippen molar-refractivity contribution in [2.24, 2.45) is 11.3 Å². The Hall–Kier alpha value is -0.590. The van der Waals surface area contributed by atoms with Crippen molar-refractivity contribution in [2.75, 3.05) is 11.5 Å². The summed E-state index contributed by atoms with van der Waals surface area (Å²) >= 11 is 4.29. The maximum absolute atomic E-state index is 9.78. The van der Waals surface area contributed by atoms with Crippen LogP contribution in [0.3, 0.4) is 0 Å². The van der Waals surface area contributed by atoms with Crippen LogP contribution in [-0.4, -0.2) is 11.5 Å². The molecule has 2 fully saturated rings. The van der Waals surface area contributed by atoms with Crippen molar-refractivity contribution < 1.29 is 0 Å². The monoisotopic (exact) mass is 415 g/mol. The molecule has 1 saturated carbocycles. The van der Waals surface area contributed by atoms with Crippen molar-refractivity contribution in [2.45, 2.75) is 88.6 Å². The molecule has 0 spiro atoms. The molecule has 28 heavy (non-hydrogen) atoms. The van der Waals surface area contributed by atoms with E-state index in [-0.39, 0.29) is 5.41 Å². The molecule has 154 valence electrons. The van der Waals surface area contributed by atoms with Gasteiger partial charge in [0.05, 0.1) is 16.1 Å². The summed E-state index contributed by atoms with van der Waals surface area (Å²) in [4.78, 5) is 0. The molecule has 1 aliphatic carbocycles. The lowest BCUT2D eigenvalue weighted by atomic mass is 9.67. The minimum Gasteiger partial charge on any atom is -0.198 e. The summed E-state index contributed by atoms with van der Waals surface area (Å²) in [7, 11) is 0. The number of hydrogen-bond acceptors (Lipinski definition) is 3. The van der Waals surface area contributed by atoms with Crippen molar-refractivity contribution in [3.63, 3.8) is 0 Å². The van der Waals surface area contributed by atoms with E-state index in [0.29, 0.717) is 10.5 Å². The van der Waals surface area contributed by atoms with E-state index in [4.69, 9.17) is 0 Å². The highest BCUT2D eigenvalue weighted by atomic mass is 32.2. The topological polar surface area (TPSA) is 23.8 Å². The Labute approximate surface area is 181 Å². The van der Waals surface area contributed by atoms with Crippen LogP contribution >= 0.6 is 23.5 Å². The van der Waals surface area contributed by atoms with Gasteiger partial charge in [-0.3, -0.25) is 0 Å². The smallest absolute Gasteiger partial charge is 0.0751 e. The van der Waals surface area contributed by atoms with Crippen LogP contribution in [0.15, 0.2) is 24.3 Å². The maximum Gasteiger partial charge on any atom is 0.0751 e. The van der Waals surface area contributed by atoms with Gasteiger partial charge in [0.15, 0.2) is 0 Å². The van der Waals surface area contributed by atoms with Crippen LogP contribution in [-0.2, 0) is 0 Å². The number of thioether (sulfide) groups is 2. The standard InChI is InChI=1S/C25H37NS2/c1-3-5-6-14-25(19-26)15-12-22(13-16-25)21-8-10-23(11-9-21)24-27-17-20(7-4-2)18-28-24/h8-11,20,22,24H,3-7,12-18H2,1-2H3. The van der Waals surface area contributed by atoms with Crippen molar-refractivity contribution in [1.82, 2.24) is 0 Å². The lowest BCUT2D eigenvalue weighted by Crippen LogP contribution is -2.25. The van der Waals surface area contributed by atoms with E-state index in [2.05, 4.69) is 67.7 Å². The highest BCUT2D eigenvalue weighted by Gasteiger charge is 2.35. The van der Waals surface area contributed by atoms with Crippen molar-refractivity contribution >= 4 is 23.5 Å². The Morgan fingerprint density at radius 2 is 1.61 bits per heavy atom. The fraction of sp³-hybridized carbons (Fsp3) is 0.720. The fourth-order valence-corrected chi connectivity index (χ4v) is 8.04.